The fraction of sp³-hybridized carbons (Fsp3) is 0.846. The van der Waals surface area contributed by atoms with E-state index in [9.17, 15) is 18.0 Å². The van der Waals surface area contributed by atoms with Crippen LogP contribution >= 0.6 is 0 Å². The molecule has 0 aliphatic carbocycles. The Labute approximate surface area is 126 Å². The topological polar surface area (TPSA) is 95.6 Å². The molecule has 122 valence electrons. The SMILES string of the molecule is CCN(CC(=O)NC(C)C)C(=O)CC1CS(=O)(=O)CCN1. The molecule has 0 aromatic heterocycles. The Bertz CT molecular complexity index is 476. The summed E-state index contributed by atoms with van der Waals surface area (Å²) in [7, 11) is -3.06. The van der Waals surface area contributed by atoms with Crippen molar-refractivity contribution in [2.75, 3.05) is 31.1 Å². The molecule has 0 aromatic rings. The highest BCUT2D eigenvalue weighted by atomic mass is 32.2. The first-order chi connectivity index (χ1) is 9.73. The number of amides is 2. The van der Waals surface area contributed by atoms with Gasteiger partial charge >= 0.3 is 0 Å². The van der Waals surface area contributed by atoms with Crippen LogP contribution in [0.3, 0.4) is 0 Å². The molecule has 1 saturated heterocycles. The summed E-state index contributed by atoms with van der Waals surface area (Å²) in [5.74, 6) is -0.309. The van der Waals surface area contributed by atoms with Gasteiger partial charge in [0.25, 0.3) is 0 Å². The Morgan fingerprint density at radius 2 is 2.05 bits per heavy atom. The predicted molar refractivity (Wildman–Crippen MR) is 80.6 cm³/mol. The number of rotatable bonds is 6. The molecular formula is C13H25N3O4S. The van der Waals surface area contributed by atoms with Crippen molar-refractivity contribution in [3.05, 3.63) is 0 Å². The molecule has 0 bridgehead atoms. The molecule has 2 amide bonds. The van der Waals surface area contributed by atoms with Crippen LogP contribution < -0.4 is 10.6 Å². The molecule has 1 heterocycles. The lowest BCUT2D eigenvalue weighted by atomic mass is 10.2. The largest absolute Gasteiger partial charge is 0.352 e. The summed E-state index contributed by atoms with van der Waals surface area (Å²) in [6.45, 7) is 6.31. The molecule has 0 spiro atoms. The van der Waals surface area contributed by atoms with Crippen LogP contribution in [0, 0.1) is 0 Å². The number of hydrogen-bond acceptors (Lipinski definition) is 5. The number of likely N-dealkylation sites (N-methyl/N-ethyl adjacent to an activating group) is 1. The summed E-state index contributed by atoms with van der Waals surface area (Å²) >= 11 is 0. The Morgan fingerprint density at radius 3 is 2.57 bits per heavy atom. The van der Waals surface area contributed by atoms with Gasteiger partial charge in [0.15, 0.2) is 9.84 Å². The van der Waals surface area contributed by atoms with Crippen LogP contribution in [-0.4, -0.2) is 68.4 Å². The molecule has 1 rings (SSSR count). The van der Waals surface area contributed by atoms with E-state index in [1.165, 1.54) is 4.90 Å². The Kier molecular flexibility index (Phi) is 6.60. The smallest absolute Gasteiger partial charge is 0.239 e. The van der Waals surface area contributed by atoms with Gasteiger partial charge in [-0.15, -0.1) is 0 Å². The van der Waals surface area contributed by atoms with Crippen LogP contribution in [0.15, 0.2) is 0 Å². The van der Waals surface area contributed by atoms with Crippen molar-refractivity contribution < 1.29 is 18.0 Å². The van der Waals surface area contributed by atoms with Gasteiger partial charge in [0.05, 0.1) is 18.1 Å². The normalized spacial score (nSPS) is 21.0. The minimum Gasteiger partial charge on any atom is -0.352 e. The van der Waals surface area contributed by atoms with Crippen LogP contribution in [0.25, 0.3) is 0 Å². The number of carbonyl (C=O) groups is 2. The monoisotopic (exact) mass is 319 g/mol. The van der Waals surface area contributed by atoms with Crippen LogP contribution in [0.1, 0.15) is 27.2 Å². The molecule has 0 radical (unpaired) electrons. The predicted octanol–water partition coefficient (Wildman–Crippen LogP) is -0.864. The fourth-order valence-electron chi connectivity index (χ4n) is 2.26. The third-order valence-electron chi connectivity index (χ3n) is 3.24. The Balaban J connectivity index is 2.53. The summed E-state index contributed by atoms with van der Waals surface area (Å²) in [4.78, 5) is 25.3. The van der Waals surface area contributed by atoms with Crippen molar-refractivity contribution in [1.82, 2.24) is 15.5 Å². The van der Waals surface area contributed by atoms with Crippen LogP contribution in [-0.2, 0) is 19.4 Å². The maximum Gasteiger partial charge on any atom is 0.239 e. The van der Waals surface area contributed by atoms with Gasteiger partial charge in [-0.3, -0.25) is 9.59 Å². The third kappa shape index (κ3) is 6.43. The molecule has 1 fully saturated rings. The van der Waals surface area contributed by atoms with Crippen molar-refractivity contribution in [3.63, 3.8) is 0 Å². The molecule has 21 heavy (non-hydrogen) atoms. The lowest BCUT2D eigenvalue weighted by Gasteiger charge is -2.27. The average Bonchev–Trinajstić information content (AvgIpc) is 2.33. The standard InChI is InChI=1S/C13H25N3O4S/c1-4-16(8-12(17)15-10(2)3)13(18)7-11-9-21(19,20)6-5-14-11/h10-11,14H,4-9H2,1-3H3,(H,15,17). The van der Waals surface area contributed by atoms with Gasteiger partial charge in [-0.1, -0.05) is 0 Å². The molecular weight excluding hydrogens is 294 g/mol. The second kappa shape index (κ2) is 7.74. The van der Waals surface area contributed by atoms with Gasteiger partial charge in [-0.25, -0.2) is 8.42 Å². The molecule has 0 aromatic carbocycles. The molecule has 1 unspecified atom stereocenters. The quantitative estimate of drug-likeness (QED) is 0.664. The van der Waals surface area contributed by atoms with E-state index in [0.717, 1.165) is 0 Å². The van der Waals surface area contributed by atoms with E-state index in [-0.39, 0.29) is 48.4 Å². The average molecular weight is 319 g/mol. The van der Waals surface area contributed by atoms with Crippen molar-refractivity contribution >= 4 is 21.7 Å². The number of hydrogen-bond donors (Lipinski definition) is 2. The van der Waals surface area contributed by atoms with Crippen molar-refractivity contribution in [2.45, 2.75) is 39.3 Å². The second-order valence-electron chi connectivity index (χ2n) is 5.60. The Morgan fingerprint density at radius 1 is 1.38 bits per heavy atom. The number of carbonyl (C=O) groups excluding carboxylic acids is 2. The third-order valence-corrected chi connectivity index (χ3v) is 4.98. The van der Waals surface area contributed by atoms with Crippen molar-refractivity contribution in [3.8, 4) is 0 Å². The molecule has 8 heteroatoms. The number of sulfone groups is 1. The van der Waals surface area contributed by atoms with Crippen molar-refractivity contribution in [2.24, 2.45) is 0 Å². The van der Waals surface area contributed by atoms with E-state index in [2.05, 4.69) is 10.6 Å². The van der Waals surface area contributed by atoms with Gasteiger partial charge in [0, 0.05) is 31.6 Å². The summed E-state index contributed by atoms with van der Waals surface area (Å²) in [6, 6.07) is -0.338. The molecule has 2 N–H and O–H groups in total. The van der Waals surface area contributed by atoms with Gasteiger partial charge in [-0.2, -0.15) is 0 Å². The van der Waals surface area contributed by atoms with E-state index in [1.807, 2.05) is 13.8 Å². The van der Waals surface area contributed by atoms with Crippen LogP contribution in [0.2, 0.25) is 0 Å². The summed E-state index contributed by atoms with van der Waals surface area (Å²) < 4.78 is 23.1. The highest BCUT2D eigenvalue weighted by Gasteiger charge is 2.27. The number of nitrogens with zero attached hydrogens (tertiary/aromatic N) is 1. The first-order valence-corrected chi connectivity index (χ1v) is 9.06. The lowest BCUT2D eigenvalue weighted by molar-refractivity contribution is -0.136. The highest BCUT2D eigenvalue weighted by molar-refractivity contribution is 7.91. The van der Waals surface area contributed by atoms with E-state index in [0.29, 0.717) is 13.1 Å². The molecule has 0 saturated carbocycles. The maximum absolute atomic E-state index is 12.2. The van der Waals surface area contributed by atoms with E-state index in [1.54, 1.807) is 6.92 Å². The fourth-order valence-corrected chi connectivity index (χ4v) is 3.70. The van der Waals surface area contributed by atoms with Crippen molar-refractivity contribution in [1.29, 1.82) is 0 Å². The molecule has 1 aliphatic rings. The first-order valence-electron chi connectivity index (χ1n) is 7.24. The Hall–Kier alpha value is -1.15. The maximum atomic E-state index is 12.2. The zero-order valence-electron chi connectivity index (χ0n) is 12.9. The molecule has 1 atom stereocenters. The second-order valence-corrected chi connectivity index (χ2v) is 7.83. The van der Waals surface area contributed by atoms with E-state index in [4.69, 9.17) is 0 Å². The van der Waals surface area contributed by atoms with Crippen LogP contribution in [0.4, 0.5) is 0 Å². The van der Waals surface area contributed by atoms with E-state index < -0.39 is 9.84 Å². The lowest BCUT2D eigenvalue weighted by Crippen LogP contribution is -2.49. The van der Waals surface area contributed by atoms with E-state index >= 15 is 0 Å². The summed E-state index contributed by atoms with van der Waals surface area (Å²) in [5.41, 5.74) is 0. The molecule has 1 aliphatic heterocycles. The zero-order chi connectivity index (χ0) is 16.0. The summed E-state index contributed by atoms with van der Waals surface area (Å²) in [5, 5.41) is 5.78. The molecule has 7 nitrogen and oxygen atoms in total. The van der Waals surface area contributed by atoms with Gasteiger partial charge in [0.1, 0.15) is 0 Å². The number of nitrogens with one attached hydrogen (secondary N) is 2. The van der Waals surface area contributed by atoms with Crippen LogP contribution in [0.5, 0.6) is 0 Å². The summed E-state index contributed by atoms with van der Waals surface area (Å²) in [6.07, 6.45) is 0.0992. The first kappa shape index (κ1) is 17.9. The van der Waals surface area contributed by atoms with Gasteiger partial charge < -0.3 is 15.5 Å². The van der Waals surface area contributed by atoms with Gasteiger partial charge in [0.2, 0.25) is 11.8 Å². The minimum absolute atomic E-state index is 0.00693. The minimum atomic E-state index is -3.06. The van der Waals surface area contributed by atoms with Gasteiger partial charge in [-0.05, 0) is 20.8 Å². The zero-order valence-corrected chi connectivity index (χ0v) is 13.7. The highest BCUT2D eigenvalue weighted by Crippen LogP contribution is 2.07.